The number of benzene rings is 1. The van der Waals surface area contributed by atoms with E-state index in [-0.39, 0.29) is 0 Å². The number of carbonyl (C=O) groups is 2. The fourth-order valence-electron chi connectivity index (χ4n) is 0.992. The van der Waals surface area contributed by atoms with Gasteiger partial charge in [-0.05, 0) is 11.6 Å². The first-order valence-electron chi connectivity index (χ1n) is 3.59. The van der Waals surface area contributed by atoms with Gasteiger partial charge in [-0.3, -0.25) is 4.79 Å². The number of aldehydes is 1. The van der Waals surface area contributed by atoms with E-state index in [9.17, 15) is 9.59 Å². The summed E-state index contributed by atoms with van der Waals surface area (Å²) < 4.78 is 0. The molecule has 0 saturated carbocycles. The Labute approximate surface area is 79.9 Å². The van der Waals surface area contributed by atoms with Crippen molar-refractivity contribution in [2.24, 2.45) is 0 Å². The topological polar surface area (TPSA) is 54.4 Å². The lowest BCUT2D eigenvalue weighted by Crippen LogP contribution is -2.13. The summed E-state index contributed by atoms with van der Waals surface area (Å²) >= 11 is 5.72. The average Bonchev–Trinajstić information content (AvgIpc) is 2.09. The van der Waals surface area contributed by atoms with Crippen molar-refractivity contribution >= 4 is 23.9 Å². The SMILES string of the molecule is O=CC(C(=O)O)c1ccccc1Cl. The van der Waals surface area contributed by atoms with E-state index in [1.165, 1.54) is 6.07 Å². The van der Waals surface area contributed by atoms with Gasteiger partial charge in [-0.1, -0.05) is 29.8 Å². The lowest BCUT2D eigenvalue weighted by Gasteiger charge is -2.06. The van der Waals surface area contributed by atoms with Gasteiger partial charge in [0.05, 0.1) is 0 Å². The summed E-state index contributed by atoms with van der Waals surface area (Å²) in [5.74, 6) is -2.36. The van der Waals surface area contributed by atoms with Crippen LogP contribution >= 0.6 is 11.6 Å². The van der Waals surface area contributed by atoms with Gasteiger partial charge >= 0.3 is 5.97 Å². The zero-order valence-corrected chi connectivity index (χ0v) is 7.36. The van der Waals surface area contributed by atoms with Gasteiger partial charge in [0.1, 0.15) is 12.2 Å². The second-order valence-electron chi connectivity index (χ2n) is 2.47. The third-order valence-corrected chi connectivity index (χ3v) is 1.99. The van der Waals surface area contributed by atoms with Gasteiger partial charge in [0, 0.05) is 5.02 Å². The van der Waals surface area contributed by atoms with Crippen LogP contribution in [0, 0.1) is 0 Å². The van der Waals surface area contributed by atoms with Crippen molar-refractivity contribution in [1.82, 2.24) is 0 Å². The van der Waals surface area contributed by atoms with Crippen molar-refractivity contribution in [1.29, 1.82) is 0 Å². The van der Waals surface area contributed by atoms with E-state index in [2.05, 4.69) is 0 Å². The van der Waals surface area contributed by atoms with E-state index in [1.807, 2.05) is 0 Å². The third kappa shape index (κ3) is 2.06. The number of carbonyl (C=O) groups excluding carboxylic acids is 1. The molecule has 13 heavy (non-hydrogen) atoms. The Balaban J connectivity index is 3.12. The third-order valence-electron chi connectivity index (χ3n) is 1.64. The van der Waals surface area contributed by atoms with E-state index >= 15 is 0 Å². The van der Waals surface area contributed by atoms with Crippen molar-refractivity contribution in [2.45, 2.75) is 5.92 Å². The molecule has 0 radical (unpaired) electrons. The molecular formula is C9H7ClO3. The molecule has 0 aliphatic carbocycles. The molecule has 0 saturated heterocycles. The molecule has 4 heteroatoms. The molecule has 0 bridgehead atoms. The first-order valence-corrected chi connectivity index (χ1v) is 3.97. The maximum Gasteiger partial charge on any atom is 0.318 e. The van der Waals surface area contributed by atoms with E-state index in [0.717, 1.165) is 0 Å². The van der Waals surface area contributed by atoms with Gasteiger partial charge < -0.3 is 9.90 Å². The maximum atomic E-state index is 10.6. The average molecular weight is 199 g/mol. The molecule has 1 N–H and O–H groups in total. The normalized spacial score (nSPS) is 12.1. The Kier molecular flexibility index (Phi) is 3.03. The molecular weight excluding hydrogens is 192 g/mol. The lowest BCUT2D eigenvalue weighted by atomic mass is 10.0. The second kappa shape index (κ2) is 4.05. The molecule has 0 spiro atoms. The molecule has 0 aliphatic heterocycles. The van der Waals surface area contributed by atoms with E-state index in [0.29, 0.717) is 16.9 Å². The predicted molar refractivity (Wildman–Crippen MR) is 47.9 cm³/mol. The minimum atomic E-state index is -1.19. The van der Waals surface area contributed by atoms with E-state index < -0.39 is 11.9 Å². The molecule has 0 fully saturated rings. The predicted octanol–water partition coefficient (Wildman–Crippen LogP) is 1.71. The Morgan fingerprint density at radius 2 is 2.08 bits per heavy atom. The number of hydrogen-bond donors (Lipinski definition) is 1. The van der Waals surface area contributed by atoms with Crippen LogP contribution in [-0.2, 0) is 9.59 Å². The molecule has 1 rings (SSSR count). The molecule has 68 valence electrons. The summed E-state index contributed by atoms with van der Waals surface area (Å²) in [7, 11) is 0. The standard InChI is InChI=1S/C9H7ClO3/c10-8-4-2-1-3-6(8)7(5-11)9(12)13/h1-5,7H,(H,12,13). The summed E-state index contributed by atoms with van der Waals surface area (Å²) in [4.78, 5) is 21.1. The van der Waals surface area contributed by atoms with Gasteiger partial charge in [0.2, 0.25) is 0 Å². The quantitative estimate of drug-likeness (QED) is 0.594. The molecule has 0 aromatic heterocycles. The van der Waals surface area contributed by atoms with Gasteiger partial charge in [-0.25, -0.2) is 0 Å². The van der Waals surface area contributed by atoms with Crippen molar-refractivity contribution in [3.05, 3.63) is 34.9 Å². The van der Waals surface area contributed by atoms with Crippen molar-refractivity contribution < 1.29 is 14.7 Å². The zero-order chi connectivity index (χ0) is 9.84. The van der Waals surface area contributed by atoms with Crippen LogP contribution < -0.4 is 0 Å². The van der Waals surface area contributed by atoms with Crippen LogP contribution in [-0.4, -0.2) is 17.4 Å². The summed E-state index contributed by atoms with van der Waals surface area (Å²) in [6.07, 6.45) is 0.365. The monoisotopic (exact) mass is 198 g/mol. The first kappa shape index (κ1) is 9.74. The first-order chi connectivity index (χ1) is 6.16. The van der Waals surface area contributed by atoms with Crippen molar-refractivity contribution in [3.63, 3.8) is 0 Å². The smallest absolute Gasteiger partial charge is 0.318 e. The fraction of sp³-hybridized carbons (Fsp3) is 0.111. The Bertz CT molecular complexity index is 335. The highest BCUT2D eigenvalue weighted by atomic mass is 35.5. The molecule has 1 unspecified atom stereocenters. The van der Waals surface area contributed by atoms with Gasteiger partial charge in [-0.15, -0.1) is 0 Å². The summed E-state index contributed by atoms with van der Waals surface area (Å²) in [5, 5.41) is 8.95. The number of hydrogen-bond acceptors (Lipinski definition) is 2. The van der Waals surface area contributed by atoms with Crippen LogP contribution in [0.15, 0.2) is 24.3 Å². The highest BCUT2D eigenvalue weighted by molar-refractivity contribution is 6.31. The number of carboxylic acid groups (broad SMARTS) is 1. The highest BCUT2D eigenvalue weighted by Gasteiger charge is 2.20. The minimum Gasteiger partial charge on any atom is -0.480 e. The summed E-state index contributed by atoms with van der Waals surface area (Å²) in [5.41, 5.74) is 0.326. The molecule has 1 atom stereocenters. The van der Waals surface area contributed by atoms with Crippen LogP contribution in [0.4, 0.5) is 0 Å². The van der Waals surface area contributed by atoms with Gasteiger partial charge in [0.15, 0.2) is 0 Å². The number of aliphatic carboxylic acids is 1. The van der Waals surface area contributed by atoms with Gasteiger partial charge in [-0.2, -0.15) is 0 Å². The molecule has 1 aromatic carbocycles. The molecule has 0 heterocycles. The van der Waals surface area contributed by atoms with E-state index in [1.54, 1.807) is 18.2 Å². The second-order valence-corrected chi connectivity index (χ2v) is 2.88. The minimum absolute atomic E-state index is 0.294. The summed E-state index contributed by atoms with van der Waals surface area (Å²) in [6, 6.07) is 6.39. The highest BCUT2D eigenvalue weighted by Crippen LogP contribution is 2.22. The zero-order valence-electron chi connectivity index (χ0n) is 6.61. The fourth-order valence-corrected chi connectivity index (χ4v) is 1.25. The van der Waals surface area contributed by atoms with Crippen LogP contribution in [0.2, 0.25) is 5.02 Å². The Hall–Kier alpha value is -1.35. The molecule has 0 aliphatic rings. The van der Waals surface area contributed by atoms with Crippen molar-refractivity contribution in [2.75, 3.05) is 0 Å². The van der Waals surface area contributed by atoms with Crippen LogP contribution in [0.5, 0.6) is 0 Å². The largest absolute Gasteiger partial charge is 0.480 e. The van der Waals surface area contributed by atoms with Crippen LogP contribution in [0.3, 0.4) is 0 Å². The Morgan fingerprint density at radius 3 is 2.54 bits per heavy atom. The van der Waals surface area contributed by atoms with Gasteiger partial charge in [0.25, 0.3) is 0 Å². The number of carboxylic acids is 1. The summed E-state index contributed by atoms with van der Waals surface area (Å²) in [6.45, 7) is 0. The lowest BCUT2D eigenvalue weighted by molar-refractivity contribution is -0.140. The van der Waals surface area contributed by atoms with E-state index in [4.69, 9.17) is 16.7 Å². The molecule has 0 amide bonds. The van der Waals surface area contributed by atoms with Crippen molar-refractivity contribution in [3.8, 4) is 0 Å². The van der Waals surface area contributed by atoms with Crippen LogP contribution in [0.1, 0.15) is 11.5 Å². The molecule has 3 nitrogen and oxygen atoms in total. The van der Waals surface area contributed by atoms with Crippen LogP contribution in [0.25, 0.3) is 0 Å². The maximum absolute atomic E-state index is 10.6. The number of halogens is 1. The number of rotatable bonds is 3. The molecule has 1 aromatic rings. The Morgan fingerprint density at radius 1 is 1.46 bits per heavy atom.